The lowest BCUT2D eigenvalue weighted by atomic mass is 10.2. The minimum absolute atomic E-state index is 0.0825. The predicted molar refractivity (Wildman–Crippen MR) is 111 cm³/mol. The molecule has 0 saturated heterocycles. The number of ether oxygens (including phenoxy) is 2. The zero-order valence-corrected chi connectivity index (χ0v) is 16.9. The van der Waals surface area contributed by atoms with Crippen LogP contribution in [0.3, 0.4) is 0 Å². The number of halogens is 2. The van der Waals surface area contributed by atoms with E-state index < -0.39 is 5.82 Å². The second kappa shape index (κ2) is 10.4. The summed E-state index contributed by atoms with van der Waals surface area (Å²) in [4.78, 5) is 15.7. The molecule has 1 aromatic heterocycles. The predicted octanol–water partition coefficient (Wildman–Crippen LogP) is 4.55. The SMILES string of the molecule is CCOC(=O)Cc1csc(NN=Cc2ccc(F)cc2OCc2cccc(F)c2)n1. The van der Waals surface area contributed by atoms with E-state index in [1.54, 1.807) is 24.4 Å². The quantitative estimate of drug-likeness (QED) is 0.306. The van der Waals surface area contributed by atoms with Crippen LogP contribution in [0.4, 0.5) is 13.9 Å². The molecule has 0 unspecified atom stereocenters. The molecule has 3 aromatic rings. The van der Waals surface area contributed by atoms with Gasteiger partial charge in [0.1, 0.15) is 24.0 Å². The zero-order chi connectivity index (χ0) is 21.3. The maximum atomic E-state index is 13.6. The van der Waals surface area contributed by atoms with E-state index in [-0.39, 0.29) is 30.6 Å². The van der Waals surface area contributed by atoms with Crippen LogP contribution in [-0.4, -0.2) is 23.8 Å². The van der Waals surface area contributed by atoms with Crippen molar-refractivity contribution in [2.45, 2.75) is 20.0 Å². The van der Waals surface area contributed by atoms with E-state index in [1.165, 1.54) is 47.9 Å². The lowest BCUT2D eigenvalue weighted by Gasteiger charge is -2.09. The van der Waals surface area contributed by atoms with E-state index in [1.807, 2.05) is 0 Å². The number of carbonyl (C=O) groups excluding carboxylic acids is 1. The smallest absolute Gasteiger partial charge is 0.311 e. The largest absolute Gasteiger partial charge is 0.488 e. The fourth-order valence-electron chi connectivity index (χ4n) is 2.48. The Kier molecular flexibility index (Phi) is 7.45. The van der Waals surface area contributed by atoms with Gasteiger partial charge in [-0.2, -0.15) is 5.10 Å². The number of benzene rings is 2. The molecule has 0 aliphatic carbocycles. The third kappa shape index (κ3) is 6.35. The van der Waals surface area contributed by atoms with E-state index in [0.29, 0.717) is 28.6 Å². The first-order valence-electron chi connectivity index (χ1n) is 9.09. The van der Waals surface area contributed by atoms with Gasteiger partial charge in [0.15, 0.2) is 0 Å². The molecule has 2 aromatic carbocycles. The fraction of sp³-hybridized carbons (Fsp3) is 0.190. The van der Waals surface area contributed by atoms with Gasteiger partial charge in [0.2, 0.25) is 5.13 Å². The number of nitrogens with zero attached hydrogens (tertiary/aromatic N) is 2. The number of nitrogens with one attached hydrogen (secondary N) is 1. The van der Waals surface area contributed by atoms with Gasteiger partial charge in [-0.3, -0.25) is 10.2 Å². The van der Waals surface area contributed by atoms with Crippen LogP contribution < -0.4 is 10.2 Å². The third-order valence-corrected chi connectivity index (χ3v) is 4.60. The standard InChI is InChI=1S/C21H19F2N3O3S/c1-2-28-20(27)10-18-13-30-21(25-18)26-24-11-15-6-7-17(23)9-19(15)29-12-14-4-3-5-16(22)8-14/h3-9,11,13H,2,10,12H2,1H3,(H,25,26). The number of esters is 1. The van der Waals surface area contributed by atoms with Crippen molar-refractivity contribution in [3.05, 3.63) is 76.3 Å². The van der Waals surface area contributed by atoms with Gasteiger partial charge in [0, 0.05) is 17.0 Å². The molecule has 0 aliphatic rings. The van der Waals surface area contributed by atoms with Gasteiger partial charge in [-0.25, -0.2) is 13.8 Å². The average molecular weight is 431 g/mol. The van der Waals surface area contributed by atoms with Crippen LogP contribution in [0.25, 0.3) is 0 Å². The highest BCUT2D eigenvalue weighted by atomic mass is 32.1. The Labute approximate surface area is 176 Å². The van der Waals surface area contributed by atoms with Gasteiger partial charge in [-0.15, -0.1) is 11.3 Å². The molecule has 0 fully saturated rings. The summed E-state index contributed by atoms with van der Waals surface area (Å²) in [6, 6.07) is 10.0. The van der Waals surface area contributed by atoms with E-state index in [9.17, 15) is 13.6 Å². The molecule has 0 amide bonds. The number of aromatic nitrogens is 1. The van der Waals surface area contributed by atoms with E-state index in [0.717, 1.165) is 0 Å². The Morgan fingerprint density at radius 2 is 2.07 bits per heavy atom. The number of hydrogen-bond acceptors (Lipinski definition) is 7. The third-order valence-electron chi connectivity index (χ3n) is 3.81. The number of hydrogen-bond donors (Lipinski definition) is 1. The van der Waals surface area contributed by atoms with Crippen molar-refractivity contribution >= 4 is 28.7 Å². The first kappa shape index (κ1) is 21.4. The second-order valence-electron chi connectivity index (χ2n) is 6.10. The number of thiazole rings is 1. The van der Waals surface area contributed by atoms with Crippen molar-refractivity contribution in [1.82, 2.24) is 4.98 Å². The van der Waals surface area contributed by atoms with Crippen molar-refractivity contribution in [3.8, 4) is 5.75 Å². The molecule has 30 heavy (non-hydrogen) atoms. The molecule has 3 rings (SSSR count). The topological polar surface area (TPSA) is 72.8 Å². The van der Waals surface area contributed by atoms with Gasteiger partial charge in [-0.05, 0) is 36.8 Å². The van der Waals surface area contributed by atoms with Crippen LogP contribution in [0.2, 0.25) is 0 Å². The number of anilines is 1. The highest BCUT2D eigenvalue weighted by molar-refractivity contribution is 7.13. The number of hydrazone groups is 1. The Morgan fingerprint density at radius 1 is 1.23 bits per heavy atom. The molecule has 0 atom stereocenters. The molecule has 156 valence electrons. The summed E-state index contributed by atoms with van der Waals surface area (Å²) < 4.78 is 37.5. The van der Waals surface area contributed by atoms with E-state index >= 15 is 0 Å². The Hall–Kier alpha value is -3.33. The molecule has 0 spiro atoms. The molecule has 0 radical (unpaired) electrons. The van der Waals surface area contributed by atoms with E-state index in [4.69, 9.17) is 9.47 Å². The molecule has 0 saturated carbocycles. The molecule has 0 aliphatic heterocycles. The van der Waals surface area contributed by atoms with Crippen LogP contribution in [0.15, 0.2) is 52.9 Å². The number of rotatable bonds is 9. The first-order chi connectivity index (χ1) is 14.5. The van der Waals surface area contributed by atoms with Gasteiger partial charge in [-0.1, -0.05) is 12.1 Å². The summed E-state index contributed by atoms with van der Waals surface area (Å²) in [7, 11) is 0. The Bertz CT molecular complexity index is 1040. The lowest BCUT2D eigenvalue weighted by molar-refractivity contribution is -0.142. The Balaban J connectivity index is 1.62. The highest BCUT2D eigenvalue weighted by Crippen LogP contribution is 2.21. The van der Waals surface area contributed by atoms with Crippen molar-refractivity contribution in [2.24, 2.45) is 5.10 Å². The molecular formula is C21H19F2N3O3S. The summed E-state index contributed by atoms with van der Waals surface area (Å²) in [5.74, 6) is -0.902. The molecule has 0 bridgehead atoms. The van der Waals surface area contributed by atoms with Crippen molar-refractivity contribution in [1.29, 1.82) is 0 Å². The molecule has 1 heterocycles. The lowest BCUT2D eigenvalue weighted by Crippen LogP contribution is -2.07. The second-order valence-corrected chi connectivity index (χ2v) is 6.95. The summed E-state index contributed by atoms with van der Waals surface area (Å²) in [6.07, 6.45) is 1.55. The number of carbonyl (C=O) groups is 1. The Morgan fingerprint density at radius 3 is 2.87 bits per heavy atom. The fourth-order valence-corrected chi connectivity index (χ4v) is 3.14. The monoisotopic (exact) mass is 431 g/mol. The molecule has 9 heteroatoms. The zero-order valence-electron chi connectivity index (χ0n) is 16.1. The van der Waals surface area contributed by atoms with Gasteiger partial charge < -0.3 is 9.47 Å². The van der Waals surface area contributed by atoms with Crippen molar-refractivity contribution in [2.75, 3.05) is 12.0 Å². The van der Waals surface area contributed by atoms with Gasteiger partial charge >= 0.3 is 5.97 Å². The minimum atomic E-state index is -0.460. The summed E-state index contributed by atoms with van der Waals surface area (Å²) in [6.45, 7) is 2.14. The minimum Gasteiger partial charge on any atom is -0.488 e. The maximum Gasteiger partial charge on any atom is 0.311 e. The molecular weight excluding hydrogens is 412 g/mol. The maximum absolute atomic E-state index is 13.6. The van der Waals surface area contributed by atoms with E-state index in [2.05, 4.69) is 15.5 Å². The summed E-state index contributed by atoms with van der Waals surface area (Å²) in [5, 5.41) is 6.33. The van der Waals surface area contributed by atoms with Crippen LogP contribution in [0.5, 0.6) is 5.75 Å². The van der Waals surface area contributed by atoms with Crippen molar-refractivity contribution in [3.63, 3.8) is 0 Å². The molecule has 1 N–H and O–H groups in total. The first-order valence-corrected chi connectivity index (χ1v) is 9.97. The summed E-state index contributed by atoms with van der Waals surface area (Å²) >= 11 is 1.29. The molecule has 6 nitrogen and oxygen atoms in total. The van der Waals surface area contributed by atoms with Crippen LogP contribution in [0.1, 0.15) is 23.7 Å². The van der Waals surface area contributed by atoms with Crippen LogP contribution >= 0.6 is 11.3 Å². The van der Waals surface area contributed by atoms with Gasteiger partial charge in [0.25, 0.3) is 0 Å². The summed E-state index contributed by atoms with van der Waals surface area (Å²) in [5.41, 5.74) is 4.50. The van der Waals surface area contributed by atoms with Crippen LogP contribution in [0, 0.1) is 11.6 Å². The normalized spacial score (nSPS) is 10.9. The van der Waals surface area contributed by atoms with Crippen molar-refractivity contribution < 1.29 is 23.0 Å². The average Bonchev–Trinajstić information content (AvgIpc) is 3.15. The van der Waals surface area contributed by atoms with Gasteiger partial charge in [0.05, 0.1) is 24.9 Å². The van der Waals surface area contributed by atoms with Crippen LogP contribution in [-0.2, 0) is 22.6 Å². The highest BCUT2D eigenvalue weighted by Gasteiger charge is 2.08.